The van der Waals surface area contributed by atoms with Crippen molar-refractivity contribution >= 4 is 16.0 Å². The van der Waals surface area contributed by atoms with Crippen LogP contribution in [0.4, 0.5) is 0 Å². The van der Waals surface area contributed by atoms with Crippen LogP contribution in [0.2, 0.25) is 0 Å². The minimum Gasteiger partial charge on any atom is -0.748 e. The number of hydrogen-bond acceptors (Lipinski definition) is 5. The standard InChI is InChI=1S/C12H25NO.C2H6O4S.Na/c1-2-3-4-5-6-7-8-9-10-11-12(13)14;3-1-2-7(4,5)6;/h2-11H2,1H3,(H2,13,14);3H,1-2H2,(H,4,5,6);/q;;+1/p-1. The van der Waals surface area contributed by atoms with Crippen LogP contribution in [0.15, 0.2) is 0 Å². The van der Waals surface area contributed by atoms with Gasteiger partial charge in [-0.25, -0.2) is 8.42 Å². The molecule has 8 heteroatoms. The summed E-state index contributed by atoms with van der Waals surface area (Å²) in [6.45, 7) is 1.65. The number of nitrogens with two attached hydrogens (primary N) is 1. The molecule has 0 saturated carbocycles. The van der Waals surface area contributed by atoms with Crippen molar-refractivity contribution in [3.8, 4) is 0 Å². The van der Waals surface area contributed by atoms with E-state index in [2.05, 4.69) is 6.92 Å². The summed E-state index contributed by atoms with van der Waals surface area (Å²) in [5, 5.41) is 7.82. The normalized spacial score (nSPS) is 10.3. The molecular formula is C14H30NNaO5S. The van der Waals surface area contributed by atoms with Gasteiger partial charge in [-0.05, 0) is 6.42 Å². The van der Waals surface area contributed by atoms with Gasteiger partial charge in [0.1, 0.15) is 0 Å². The molecule has 0 aromatic heterocycles. The first-order chi connectivity index (χ1) is 9.83. The molecule has 0 spiro atoms. The molecule has 6 nitrogen and oxygen atoms in total. The summed E-state index contributed by atoms with van der Waals surface area (Å²) in [6.07, 6.45) is 12.1. The first-order valence-electron chi connectivity index (χ1n) is 7.66. The topological polar surface area (TPSA) is 121 Å². The van der Waals surface area contributed by atoms with Crippen LogP contribution < -0.4 is 35.3 Å². The summed E-state index contributed by atoms with van der Waals surface area (Å²) in [4.78, 5) is 10.4. The van der Waals surface area contributed by atoms with Crippen molar-refractivity contribution < 1.29 is 52.4 Å². The van der Waals surface area contributed by atoms with E-state index in [4.69, 9.17) is 10.8 Å². The molecule has 1 amide bonds. The Hall–Kier alpha value is 0.340. The van der Waals surface area contributed by atoms with Gasteiger partial charge in [0, 0.05) is 6.42 Å². The van der Waals surface area contributed by atoms with Crippen LogP contribution in [-0.4, -0.2) is 36.3 Å². The third-order valence-corrected chi connectivity index (χ3v) is 3.55. The molecule has 3 N–H and O–H groups in total. The number of amides is 1. The SMILES string of the molecule is CCCCCCCCCCCC(N)=O.O=S(=O)([O-])CCO.[Na+]. The Morgan fingerprint density at radius 3 is 1.68 bits per heavy atom. The predicted molar refractivity (Wildman–Crippen MR) is 82.7 cm³/mol. The maximum Gasteiger partial charge on any atom is 1.00 e. The van der Waals surface area contributed by atoms with Crippen LogP contribution in [0.3, 0.4) is 0 Å². The zero-order chi connectivity index (χ0) is 16.6. The molecule has 128 valence electrons. The second-order valence-corrected chi connectivity index (χ2v) is 6.55. The molecule has 0 aliphatic carbocycles. The summed E-state index contributed by atoms with van der Waals surface area (Å²) in [7, 11) is -4.17. The fourth-order valence-corrected chi connectivity index (χ4v) is 1.95. The Labute approximate surface area is 157 Å². The molecule has 0 aliphatic heterocycles. The molecule has 0 radical (unpaired) electrons. The summed E-state index contributed by atoms with van der Waals surface area (Å²) < 4.78 is 28.5. The van der Waals surface area contributed by atoms with Gasteiger partial charge in [-0.2, -0.15) is 0 Å². The van der Waals surface area contributed by atoms with Crippen molar-refractivity contribution in [2.45, 2.75) is 71.1 Å². The fraction of sp³-hybridized carbons (Fsp3) is 0.929. The smallest absolute Gasteiger partial charge is 0.748 e. The van der Waals surface area contributed by atoms with Crippen LogP contribution in [-0.2, 0) is 14.9 Å². The quantitative estimate of drug-likeness (QED) is 0.264. The average molecular weight is 347 g/mol. The van der Waals surface area contributed by atoms with Crippen LogP contribution in [0.25, 0.3) is 0 Å². The Balaban J connectivity index is -0.000000385. The van der Waals surface area contributed by atoms with Crippen molar-refractivity contribution in [3.63, 3.8) is 0 Å². The summed E-state index contributed by atoms with van der Waals surface area (Å²) in [5.74, 6) is -0.847. The number of carbonyl (C=O) groups is 1. The minimum absolute atomic E-state index is 0. The molecular weight excluding hydrogens is 317 g/mol. The van der Waals surface area contributed by atoms with Crippen molar-refractivity contribution in [2.75, 3.05) is 12.4 Å². The van der Waals surface area contributed by atoms with Gasteiger partial charge >= 0.3 is 29.6 Å². The van der Waals surface area contributed by atoms with Gasteiger partial charge < -0.3 is 15.4 Å². The van der Waals surface area contributed by atoms with Crippen LogP contribution >= 0.6 is 0 Å². The average Bonchev–Trinajstić information content (AvgIpc) is 2.36. The van der Waals surface area contributed by atoms with Gasteiger partial charge in [-0.15, -0.1) is 0 Å². The summed E-state index contributed by atoms with van der Waals surface area (Å²) in [5.41, 5.74) is 5.05. The van der Waals surface area contributed by atoms with Gasteiger partial charge in [-0.1, -0.05) is 58.3 Å². The predicted octanol–water partition coefficient (Wildman–Crippen LogP) is -1.08. The molecule has 0 unspecified atom stereocenters. The van der Waals surface area contributed by atoms with Gasteiger partial charge in [0.2, 0.25) is 5.91 Å². The number of aliphatic hydroxyl groups is 1. The van der Waals surface area contributed by atoms with E-state index in [1.807, 2.05) is 0 Å². The third kappa shape index (κ3) is 32.3. The molecule has 0 rings (SSSR count). The van der Waals surface area contributed by atoms with Crippen molar-refractivity contribution in [1.82, 2.24) is 0 Å². The molecule has 0 aromatic rings. The van der Waals surface area contributed by atoms with Crippen molar-refractivity contribution in [3.05, 3.63) is 0 Å². The van der Waals surface area contributed by atoms with E-state index < -0.39 is 22.5 Å². The second kappa shape index (κ2) is 19.4. The third-order valence-electron chi connectivity index (χ3n) is 2.87. The van der Waals surface area contributed by atoms with Crippen LogP contribution in [0.5, 0.6) is 0 Å². The van der Waals surface area contributed by atoms with E-state index in [1.165, 1.54) is 44.9 Å². The molecule has 0 saturated heterocycles. The Kier molecular flexibility index (Phi) is 24.0. The van der Waals surface area contributed by atoms with E-state index in [1.54, 1.807) is 0 Å². The molecule has 0 heterocycles. The van der Waals surface area contributed by atoms with Crippen molar-refractivity contribution in [2.24, 2.45) is 5.73 Å². The van der Waals surface area contributed by atoms with Crippen LogP contribution in [0, 0.1) is 0 Å². The molecule has 22 heavy (non-hydrogen) atoms. The van der Waals surface area contributed by atoms with E-state index in [0.29, 0.717) is 6.42 Å². The molecule has 0 bridgehead atoms. The number of hydrogen-bond donors (Lipinski definition) is 2. The van der Waals surface area contributed by atoms with Gasteiger partial charge in [0.05, 0.1) is 22.5 Å². The summed E-state index contributed by atoms with van der Waals surface area (Å²) >= 11 is 0. The number of aliphatic hydroxyl groups excluding tert-OH is 1. The van der Waals surface area contributed by atoms with E-state index >= 15 is 0 Å². The largest absolute Gasteiger partial charge is 1.00 e. The van der Waals surface area contributed by atoms with Crippen LogP contribution in [0.1, 0.15) is 71.1 Å². The zero-order valence-electron chi connectivity index (χ0n) is 14.1. The first kappa shape index (κ1) is 27.2. The van der Waals surface area contributed by atoms with Crippen molar-refractivity contribution in [1.29, 1.82) is 0 Å². The monoisotopic (exact) mass is 347 g/mol. The molecule has 0 atom stereocenters. The van der Waals surface area contributed by atoms with Gasteiger partial charge in [-0.3, -0.25) is 4.79 Å². The molecule has 0 fully saturated rings. The van der Waals surface area contributed by atoms with Gasteiger partial charge in [0.25, 0.3) is 0 Å². The van der Waals surface area contributed by atoms with E-state index in [9.17, 15) is 17.8 Å². The number of unbranched alkanes of at least 4 members (excludes halogenated alkanes) is 8. The maximum absolute atomic E-state index is 10.4. The molecule has 0 aromatic carbocycles. The molecule has 0 aliphatic rings. The van der Waals surface area contributed by atoms with E-state index in [0.717, 1.165) is 12.8 Å². The first-order valence-corrected chi connectivity index (χ1v) is 9.24. The zero-order valence-corrected chi connectivity index (χ0v) is 16.9. The number of carbonyl (C=O) groups excluding carboxylic acids is 1. The summed E-state index contributed by atoms with van der Waals surface area (Å²) in [6, 6.07) is 0. The number of primary amides is 1. The van der Waals surface area contributed by atoms with Gasteiger partial charge in [0.15, 0.2) is 0 Å². The fourth-order valence-electron chi connectivity index (χ4n) is 1.72. The Morgan fingerprint density at radius 2 is 1.41 bits per heavy atom. The Bertz CT molecular complexity index is 336. The second-order valence-electron chi connectivity index (χ2n) is 5.03. The number of rotatable bonds is 12. The maximum atomic E-state index is 10.4. The Morgan fingerprint density at radius 1 is 1.00 bits per heavy atom. The van der Waals surface area contributed by atoms with E-state index in [-0.39, 0.29) is 35.5 Å². The minimum atomic E-state index is -4.17.